The van der Waals surface area contributed by atoms with Crippen LogP contribution in [0.25, 0.3) is 11.4 Å². The third kappa shape index (κ3) is 4.52. The van der Waals surface area contributed by atoms with Crippen LogP contribution < -0.4 is 10.1 Å². The minimum absolute atomic E-state index is 0.200. The van der Waals surface area contributed by atoms with Gasteiger partial charge in [-0.25, -0.2) is 0 Å². The summed E-state index contributed by atoms with van der Waals surface area (Å²) in [5, 5.41) is 6.99. The van der Waals surface area contributed by atoms with E-state index in [0.29, 0.717) is 36.0 Å². The van der Waals surface area contributed by atoms with Crippen LogP contribution in [0, 0.1) is 0 Å². The molecule has 0 radical (unpaired) electrons. The summed E-state index contributed by atoms with van der Waals surface area (Å²) < 4.78 is 10.8. The molecule has 2 aromatic heterocycles. The Balaban J connectivity index is 1.49. The number of nitrogens with zero attached hydrogens (tertiary/aromatic N) is 3. The highest BCUT2D eigenvalue weighted by atomic mass is 16.5. The molecule has 0 atom stereocenters. The summed E-state index contributed by atoms with van der Waals surface area (Å²) in [5.41, 5.74) is 2.95. The van der Waals surface area contributed by atoms with Crippen molar-refractivity contribution < 1.29 is 14.1 Å². The second-order valence-electron chi connectivity index (χ2n) is 6.49. The second-order valence-corrected chi connectivity index (χ2v) is 6.49. The Bertz CT molecular complexity index is 1120. The van der Waals surface area contributed by atoms with Crippen LogP contribution in [0.1, 0.15) is 28.7 Å². The van der Waals surface area contributed by atoms with Gasteiger partial charge in [-0.15, -0.1) is 0 Å². The number of amides is 1. The van der Waals surface area contributed by atoms with Crippen molar-refractivity contribution in [3.63, 3.8) is 0 Å². The van der Waals surface area contributed by atoms with Gasteiger partial charge < -0.3 is 14.6 Å². The predicted octanol–water partition coefficient (Wildman–Crippen LogP) is 4.37. The molecule has 0 fully saturated rings. The van der Waals surface area contributed by atoms with Gasteiger partial charge in [0, 0.05) is 29.2 Å². The molecule has 0 spiro atoms. The van der Waals surface area contributed by atoms with Crippen molar-refractivity contribution in [1.82, 2.24) is 15.1 Å². The van der Waals surface area contributed by atoms with Crippen molar-refractivity contribution in [3.05, 3.63) is 90.1 Å². The molecule has 0 aliphatic rings. The number of benzene rings is 2. The molecular weight excluding hydrogens is 380 g/mol. The molecule has 0 saturated heterocycles. The molecular formula is C23H20N4O3. The van der Waals surface area contributed by atoms with Crippen LogP contribution in [0.15, 0.2) is 77.6 Å². The van der Waals surface area contributed by atoms with E-state index in [9.17, 15) is 4.79 Å². The fraction of sp³-hybridized carbons (Fsp3) is 0.130. The molecule has 1 N–H and O–H groups in total. The maximum Gasteiger partial charge on any atom is 0.255 e. The standard InChI is InChI=1S/C23H20N4O3/c1-2-29-19-9-7-17(8-10-19)23(28)25-20-6-4-3-5-18(20)15-21-26-22(27-30-21)16-11-13-24-14-12-16/h3-14H,2,15H2,1H3,(H,25,28). The predicted molar refractivity (Wildman–Crippen MR) is 112 cm³/mol. The van der Waals surface area contributed by atoms with E-state index in [2.05, 4.69) is 20.4 Å². The highest BCUT2D eigenvalue weighted by Crippen LogP contribution is 2.22. The van der Waals surface area contributed by atoms with Crippen molar-refractivity contribution in [2.24, 2.45) is 0 Å². The Hall–Kier alpha value is -4.00. The first-order valence-corrected chi connectivity index (χ1v) is 9.58. The number of pyridine rings is 1. The van der Waals surface area contributed by atoms with Crippen LogP contribution >= 0.6 is 0 Å². The summed E-state index contributed by atoms with van der Waals surface area (Å²) >= 11 is 0. The van der Waals surface area contributed by atoms with Crippen LogP contribution in [0.3, 0.4) is 0 Å². The van der Waals surface area contributed by atoms with Gasteiger partial charge >= 0.3 is 0 Å². The zero-order valence-corrected chi connectivity index (χ0v) is 16.4. The zero-order chi connectivity index (χ0) is 20.8. The van der Waals surface area contributed by atoms with Gasteiger partial charge in [0.05, 0.1) is 13.0 Å². The van der Waals surface area contributed by atoms with E-state index in [1.165, 1.54) is 0 Å². The number of hydrogen-bond donors (Lipinski definition) is 1. The number of carbonyl (C=O) groups is 1. The maximum absolute atomic E-state index is 12.7. The lowest BCUT2D eigenvalue weighted by atomic mass is 10.1. The van der Waals surface area contributed by atoms with Crippen LogP contribution in [-0.4, -0.2) is 27.6 Å². The number of carbonyl (C=O) groups excluding carboxylic acids is 1. The quantitative estimate of drug-likeness (QED) is 0.495. The first-order valence-electron chi connectivity index (χ1n) is 9.58. The normalized spacial score (nSPS) is 10.6. The highest BCUT2D eigenvalue weighted by molar-refractivity contribution is 6.04. The van der Waals surface area contributed by atoms with Gasteiger partial charge in [0.15, 0.2) is 0 Å². The minimum Gasteiger partial charge on any atom is -0.494 e. The van der Waals surface area contributed by atoms with E-state index in [4.69, 9.17) is 9.26 Å². The fourth-order valence-corrected chi connectivity index (χ4v) is 2.97. The van der Waals surface area contributed by atoms with Gasteiger partial charge in [-0.1, -0.05) is 23.4 Å². The first kappa shape index (κ1) is 19.3. The molecule has 0 aliphatic carbocycles. The van der Waals surface area contributed by atoms with Gasteiger partial charge in [0.1, 0.15) is 5.75 Å². The Kier molecular flexibility index (Phi) is 5.80. The molecule has 4 aromatic rings. The van der Waals surface area contributed by atoms with Crippen molar-refractivity contribution in [2.75, 3.05) is 11.9 Å². The molecule has 0 bridgehead atoms. The lowest BCUT2D eigenvalue weighted by Gasteiger charge is -2.10. The average Bonchev–Trinajstić information content (AvgIpc) is 3.25. The summed E-state index contributed by atoms with van der Waals surface area (Å²) in [4.78, 5) is 21.1. The molecule has 4 rings (SSSR count). The topological polar surface area (TPSA) is 90.1 Å². The summed E-state index contributed by atoms with van der Waals surface area (Å²) in [6, 6.07) is 18.2. The van der Waals surface area contributed by atoms with Crippen LogP contribution in [0.4, 0.5) is 5.69 Å². The molecule has 0 aliphatic heterocycles. The number of ether oxygens (including phenoxy) is 1. The number of aromatic nitrogens is 3. The zero-order valence-electron chi connectivity index (χ0n) is 16.4. The van der Waals surface area contributed by atoms with Crippen molar-refractivity contribution in [1.29, 1.82) is 0 Å². The lowest BCUT2D eigenvalue weighted by Crippen LogP contribution is -2.13. The number of hydrogen-bond acceptors (Lipinski definition) is 6. The molecule has 0 saturated carbocycles. The van der Waals surface area contributed by atoms with E-state index >= 15 is 0 Å². The van der Waals surface area contributed by atoms with Gasteiger partial charge in [0.25, 0.3) is 5.91 Å². The van der Waals surface area contributed by atoms with E-state index in [-0.39, 0.29) is 5.91 Å². The van der Waals surface area contributed by atoms with Crippen molar-refractivity contribution >= 4 is 11.6 Å². The van der Waals surface area contributed by atoms with E-state index in [0.717, 1.165) is 16.9 Å². The van der Waals surface area contributed by atoms with Crippen molar-refractivity contribution in [2.45, 2.75) is 13.3 Å². The number of anilines is 1. The van der Waals surface area contributed by atoms with Crippen LogP contribution in [-0.2, 0) is 6.42 Å². The third-order valence-corrected chi connectivity index (χ3v) is 4.44. The van der Waals surface area contributed by atoms with E-state index < -0.39 is 0 Å². The third-order valence-electron chi connectivity index (χ3n) is 4.44. The summed E-state index contributed by atoms with van der Waals surface area (Å²) in [6.07, 6.45) is 3.76. The molecule has 1 amide bonds. The molecule has 2 aromatic carbocycles. The van der Waals surface area contributed by atoms with Gasteiger partial charge in [0.2, 0.25) is 11.7 Å². The van der Waals surface area contributed by atoms with Gasteiger partial charge in [-0.3, -0.25) is 9.78 Å². The molecule has 30 heavy (non-hydrogen) atoms. The number of nitrogens with one attached hydrogen (secondary N) is 1. The van der Waals surface area contributed by atoms with Crippen LogP contribution in [0.2, 0.25) is 0 Å². The van der Waals surface area contributed by atoms with Crippen LogP contribution in [0.5, 0.6) is 5.75 Å². The molecule has 2 heterocycles. The van der Waals surface area contributed by atoms with Crippen molar-refractivity contribution in [3.8, 4) is 17.1 Å². The fourth-order valence-electron chi connectivity index (χ4n) is 2.97. The molecule has 7 heteroatoms. The Morgan fingerprint density at radius 2 is 1.80 bits per heavy atom. The average molecular weight is 400 g/mol. The van der Waals surface area contributed by atoms with E-state index in [1.807, 2.05) is 43.3 Å². The monoisotopic (exact) mass is 400 g/mol. The second kappa shape index (κ2) is 9.00. The Labute approximate surface area is 173 Å². The number of para-hydroxylation sites is 1. The molecule has 7 nitrogen and oxygen atoms in total. The molecule has 150 valence electrons. The lowest BCUT2D eigenvalue weighted by molar-refractivity contribution is 0.102. The first-order chi connectivity index (χ1) is 14.7. The van der Waals surface area contributed by atoms with Gasteiger partial charge in [-0.2, -0.15) is 4.98 Å². The summed E-state index contributed by atoms with van der Waals surface area (Å²) in [7, 11) is 0. The minimum atomic E-state index is -0.200. The van der Waals surface area contributed by atoms with Gasteiger partial charge in [-0.05, 0) is 55.0 Å². The Morgan fingerprint density at radius 3 is 2.57 bits per heavy atom. The smallest absolute Gasteiger partial charge is 0.255 e. The largest absolute Gasteiger partial charge is 0.494 e. The summed E-state index contributed by atoms with van der Waals surface area (Å²) in [5.74, 6) is 1.50. The number of rotatable bonds is 7. The SMILES string of the molecule is CCOc1ccc(C(=O)Nc2ccccc2Cc2nc(-c3ccncc3)no2)cc1. The molecule has 0 unspecified atom stereocenters. The highest BCUT2D eigenvalue weighted by Gasteiger charge is 2.13. The Morgan fingerprint density at radius 1 is 1.03 bits per heavy atom. The maximum atomic E-state index is 12.7. The van der Waals surface area contributed by atoms with E-state index in [1.54, 1.807) is 36.7 Å². The summed E-state index contributed by atoms with van der Waals surface area (Å²) in [6.45, 7) is 2.50.